The molecular weight excluding hydrogens is 472 g/mol. The third-order valence-electron chi connectivity index (χ3n) is 5.53. The van der Waals surface area contributed by atoms with Crippen LogP contribution in [0.15, 0.2) is 18.5 Å². The van der Waals surface area contributed by atoms with E-state index in [2.05, 4.69) is 27.6 Å². The molecule has 1 aliphatic heterocycles. The molecule has 0 spiro atoms. The molecule has 0 N–H and O–H groups in total. The molecule has 1 aromatic heterocycles. The van der Waals surface area contributed by atoms with Gasteiger partial charge in [0.2, 0.25) is 0 Å². The summed E-state index contributed by atoms with van der Waals surface area (Å²) in [7, 11) is 0. The Hall–Kier alpha value is -0.610. The van der Waals surface area contributed by atoms with E-state index in [4.69, 9.17) is 9.47 Å². The lowest BCUT2D eigenvalue weighted by Gasteiger charge is -2.38. The molecule has 2 fully saturated rings. The van der Waals surface area contributed by atoms with Crippen molar-refractivity contribution in [1.82, 2.24) is 9.88 Å². The Morgan fingerprint density at radius 2 is 1.67 bits per heavy atom. The van der Waals surface area contributed by atoms with Gasteiger partial charge in [-0.05, 0) is 74.1 Å². The van der Waals surface area contributed by atoms with Crippen LogP contribution in [-0.2, 0) is 4.74 Å². The maximum absolute atomic E-state index is 12.8. The van der Waals surface area contributed by atoms with Crippen LogP contribution in [0.2, 0.25) is 0 Å². The highest BCUT2D eigenvalue weighted by molar-refractivity contribution is 14.1. The highest BCUT2D eigenvalue weighted by Gasteiger charge is 2.41. The first-order valence-electron chi connectivity index (χ1n) is 9.55. The lowest BCUT2D eigenvalue weighted by atomic mass is 9.94. The Morgan fingerprint density at radius 1 is 1.07 bits per heavy atom. The van der Waals surface area contributed by atoms with E-state index >= 15 is 0 Å². The van der Waals surface area contributed by atoms with Crippen LogP contribution < -0.4 is 4.74 Å². The molecule has 27 heavy (non-hydrogen) atoms. The van der Waals surface area contributed by atoms with Crippen LogP contribution >= 0.6 is 22.6 Å². The minimum absolute atomic E-state index is 0.0744. The van der Waals surface area contributed by atoms with E-state index in [1.807, 2.05) is 6.07 Å². The number of hydrogen-bond acceptors (Lipinski definition) is 4. The zero-order chi connectivity index (χ0) is 19.4. The second kappa shape index (κ2) is 9.26. The van der Waals surface area contributed by atoms with E-state index in [-0.39, 0.29) is 18.3 Å². The predicted octanol–water partition coefficient (Wildman–Crippen LogP) is 4.81. The van der Waals surface area contributed by atoms with Crippen LogP contribution in [0.3, 0.4) is 0 Å². The molecule has 0 aromatic carbocycles. The third kappa shape index (κ3) is 5.93. The maximum Gasteiger partial charge on any atom is 0.403 e. The second-order valence-electron chi connectivity index (χ2n) is 7.41. The molecule has 1 aromatic rings. The summed E-state index contributed by atoms with van der Waals surface area (Å²) in [5.41, 5.74) is 0. The number of nitrogens with zero attached hydrogens (tertiary/aromatic N) is 2. The Balaban J connectivity index is 1.38. The summed E-state index contributed by atoms with van der Waals surface area (Å²) in [5.74, 6) is 0.876. The van der Waals surface area contributed by atoms with E-state index in [1.165, 1.54) is 11.8 Å². The van der Waals surface area contributed by atoms with Gasteiger partial charge in [0.25, 0.3) is 0 Å². The van der Waals surface area contributed by atoms with Crippen LogP contribution in [0.5, 0.6) is 5.75 Å². The Kier molecular flexibility index (Phi) is 7.24. The molecule has 0 bridgehead atoms. The van der Waals surface area contributed by atoms with Crippen LogP contribution in [0.1, 0.15) is 45.4 Å². The SMILES string of the molecule is C[C@@H](N1CCC(OC2CCC(Oc3ccncc3I)CC2)CC1)C(F)(F)F. The van der Waals surface area contributed by atoms with E-state index in [9.17, 15) is 13.2 Å². The molecule has 0 radical (unpaired) electrons. The van der Waals surface area contributed by atoms with Gasteiger partial charge in [0, 0.05) is 25.5 Å². The molecule has 3 rings (SSSR count). The van der Waals surface area contributed by atoms with Gasteiger partial charge in [-0.25, -0.2) is 0 Å². The summed E-state index contributed by atoms with van der Waals surface area (Å²) in [6, 6.07) is 0.516. The summed E-state index contributed by atoms with van der Waals surface area (Å²) in [6.45, 7) is 2.14. The fraction of sp³-hybridized carbons (Fsp3) is 0.737. The molecule has 2 heterocycles. The van der Waals surface area contributed by atoms with Crippen molar-refractivity contribution >= 4 is 22.6 Å². The van der Waals surface area contributed by atoms with Gasteiger partial charge in [-0.3, -0.25) is 9.88 Å². The molecule has 1 atom stereocenters. The molecule has 1 saturated carbocycles. The molecular formula is C19H26F3IN2O2. The second-order valence-corrected chi connectivity index (χ2v) is 8.57. The van der Waals surface area contributed by atoms with E-state index in [0.29, 0.717) is 25.9 Å². The minimum atomic E-state index is -4.15. The van der Waals surface area contributed by atoms with Crippen molar-refractivity contribution in [2.75, 3.05) is 13.1 Å². The summed E-state index contributed by atoms with van der Waals surface area (Å²) in [5, 5.41) is 0. The van der Waals surface area contributed by atoms with Gasteiger partial charge in [0.15, 0.2) is 0 Å². The number of rotatable bonds is 5. The van der Waals surface area contributed by atoms with Crippen molar-refractivity contribution in [2.24, 2.45) is 0 Å². The van der Waals surface area contributed by atoms with E-state index < -0.39 is 12.2 Å². The first-order chi connectivity index (χ1) is 12.8. The lowest BCUT2D eigenvalue weighted by molar-refractivity contribution is -0.185. The monoisotopic (exact) mass is 498 g/mol. The normalized spacial score (nSPS) is 26.7. The van der Waals surface area contributed by atoms with Gasteiger partial charge < -0.3 is 9.47 Å². The largest absolute Gasteiger partial charge is 0.489 e. The topological polar surface area (TPSA) is 34.6 Å². The van der Waals surface area contributed by atoms with E-state index in [0.717, 1.165) is 35.0 Å². The quantitative estimate of drug-likeness (QED) is 0.547. The van der Waals surface area contributed by atoms with Gasteiger partial charge in [0.1, 0.15) is 11.8 Å². The first-order valence-corrected chi connectivity index (χ1v) is 10.6. The van der Waals surface area contributed by atoms with Crippen molar-refractivity contribution in [1.29, 1.82) is 0 Å². The summed E-state index contributed by atoms with van der Waals surface area (Å²) in [6.07, 6.45) is 4.92. The minimum Gasteiger partial charge on any atom is -0.489 e. The summed E-state index contributed by atoms with van der Waals surface area (Å²) in [4.78, 5) is 5.59. The zero-order valence-corrected chi connectivity index (χ0v) is 17.6. The average molecular weight is 498 g/mol. The average Bonchev–Trinajstić information content (AvgIpc) is 2.64. The van der Waals surface area contributed by atoms with Crippen molar-refractivity contribution < 1.29 is 22.6 Å². The van der Waals surface area contributed by atoms with Crippen molar-refractivity contribution in [3.63, 3.8) is 0 Å². The Morgan fingerprint density at radius 3 is 2.26 bits per heavy atom. The maximum atomic E-state index is 12.8. The van der Waals surface area contributed by atoms with Crippen LogP contribution in [-0.4, -0.2) is 53.5 Å². The standard InChI is InChI=1S/C19H26F3IN2O2/c1-13(19(20,21)22)25-10-7-16(8-11-25)26-14-2-4-15(5-3-14)27-18-6-9-24-12-17(18)23/h6,9,12-16H,2-5,7-8,10-11H2,1H3/t13-,14?,15?/m1/s1. The molecule has 2 aliphatic rings. The fourth-order valence-corrected chi connectivity index (χ4v) is 4.27. The van der Waals surface area contributed by atoms with Crippen molar-refractivity contribution in [2.45, 2.75) is 76.0 Å². The summed E-state index contributed by atoms with van der Waals surface area (Å²) < 4.78 is 51.8. The van der Waals surface area contributed by atoms with Crippen LogP contribution in [0, 0.1) is 3.57 Å². The van der Waals surface area contributed by atoms with Gasteiger partial charge in [0.05, 0.1) is 21.9 Å². The molecule has 8 heteroatoms. The van der Waals surface area contributed by atoms with Gasteiger partial charge in [-0.2, -0.15) is 13.2 Å². The Labute approximate surface area is 171 Å². The third-order valence-corrected chi connectivity index (χ3v) is 6.34. The molecule has 1 aliphatic carbocycles. The number of ether oxygens (including phenoxy) is 2. The lowest BCUT2D eigenvalue weighted by Crippen LogP contribution is -2.49. The van der Waals surface area contributed by atoms with Gasteiger partial charge >= 0.3 is 6.18 Å². The Bertz CT molecular complexity index is 601. The number of hydrogen-bond donors (Lipinski definition) is 0. The van der Waals surface area contributed by atoms with Gasteiger partial charge in [-0.15, -0.1) is 0 Å². The highest BCUT2D eigenvalue weighted by Crippen LogP contribution is 2.31. The van der Waals surface area contributed by atoms with Crippen LogP contribution in [0.25, 0.3) is 0 Å². The summed E-state index contributed by atoms with van der Waals surface area (Å²) >= 11 is 2.22. The zero-order valence-electron chi connectivity index (χ0n) is 15.4. The molecule has 0 unspecified atom stereocenters. The molecule has 152 valence electrons. The number of piperidine rings is 1. The number of halogens is 4. The molecule has 4 nitrogen and oxygen atoms in total. The molecule has 0 amide bonds. The number of likely N-dealkylation sites (tertiary alicyclic amines) is 1. The fourth-order valence-electron chi connectivity index (χ4n) is 3.80. The van der Waals surface area contributed by atoms with Gasteiger partial charge in [-0.1, -0.05) is 0 Å². The highest BCUT2D eigenvalue weighted by atomic mass is 127. The number of aromatic nitrogens is 1. The smallest absolute Gasteiger partial charge is 0.403 e. The predicted molar refractivity (Wildman–Crippen MR) is 105 cm³/mol. The van der Waals surface area contributed by atoms with Crippen LogP contribution in [0.4, 0.5) is 13.2 Å². The number of alkyl halides is 3. The van der Waals surface area contributed by atoms with Crippen molar-refractivity contribution in [3.8, 4) is 5.75 Å². The van der Waals surface area contributed by atoms with E-state index in [1.54, 1.807) is 12.4 Å². The molecule has 1 saturated heterocycles. The number of pyridine rings is 1. The van der Waals surface area contributed by atoms with Crippen molar-refractivity contribution in [3.05, 3.63) is 22.0 Å². The first kappa shape index (κ1) is 21.1.